The van der Waals surface area contributed by atoms with E-state index < -0.39 is 0 Å². The normalized spacial score (nSPS) is 11.6. The summed E-state index contributed by atoms with van der Waals surface area (Å²) in [6, 6.07) is 1.35. The molecule has 0 aliphatic heterocycles. The van der Waals surface area contributed by atoms with E-state index in [9.17, 15) is 9.59 Å². The summed E-state index contributed by atoms with van der Waals surface area (Å²) in [5, 5.41) is 2.80. The first-order chi connectivity index (χ1) is 7.84. The number of aromatic nitrogens is 1. The molecule has 4 nitrogen and oxygen atoms in total. The van der Waals surface area contributed by atoms with Gasteiger partial charge in [0.05, 0.1) is 0 Å². The highest BCUT2D eigenvalue weighted by atomic mass is 16.2. The van der Waals surface area contributed by atoms with Gasteiger partial charge in [-0.3, -0.25) is 9.59 Å². The molecule has 94 valence electrons. The van der Waals surface area contributed by atoms with E-state index in [2.05, 4.69) is 38.0 Å². The minimum absolute atomic E-state index is 0.0111. The number of nitrogens with one attached hydrogen (secondary N) is 2. The van der Waals surface area contributed by atoms with Crippen molar-refractivity contribution in [3.8, 4) is 0 Å². The summed E-state index contributed by atoms with van der Waals surface area (Å²) < 4.78 is 0. The molecule has 0 spiro atoms. The smallest absolute Gasteiger partial charge is 0.256 e. The highest BCUT2D eigenvalue weighted by molar-refractivity contribution is 5.93. The molecule has 0 atom stereocenters. The molecule has 0 fully saturated rings. The number of hydrogen-bond donors (Lipinski definition) is 2. The first-order valence-corrected chi connectivity index (χ1v) is 5.80. The molecular formula is C13H20N2O2. The zero-order chi connectivity index (χ0) is 13.1. The maximum atomic E-state index is 11.8. The van der Waals surface area contributed by atoms with Crippen molar-refractivity contribution >= 4 is 5.91 Å². The van der Waals surface area contributed by atoms with Crippen LogP contribution in [0.2, 0.25) is 0 Å². The number of aromatic amines is 1. The van der Waals surface area contributed by atoms with Crippen LogP contribution in [-0.2, 0) is 0 Å². The lowest BCUT2D eigenvalue weighted by Gasteiger charge is -2.29. The lowest BCUT2D eigenvalue weighted by molar-refractivity contribution is 0.0923. The Hall–Kier alpha value is -1.58. The molecule has 0 bridgehead atoms. The number of H-pyrrole nitrogens is 1. The Kier molecular flexibility index (Phi) is 4.10. The van der Waals surface area contributed by atoms with Crippen LogP contribution in [-0.4, -0.2) is 17.4 Å². The molecular weight excluding hydrogens is 216 g/mol. The topological polar surface area (TPSA) is 62.0 Å². The van der Waals surface area contributed by atoms with Gasteiger partial charge in [0.25, 0.3) is 5.91 Å². The SMILES string of the molecule is CC(C)C(C)(C)CNC(=O)c1c[nH]ccc1=O. The van der Waals surface area contributed by atoms with Crippen LogP contribution < -0.4 is 10.7 Å². The predicted molar refractivity (Wildman–Crippen MR) is 68.0 cm³/mol. The van der Waals surface area contributed by atoms with E-state index in [1.54, 1.807) is 0 Å². The molecule has 0 radical (unpaired) electrons. The molecule has 1 heterocycles. The van der Waals surface area contributed by atoms with Crippen LogP contribution in [0.5, 0.6) is 0 Å². The van der Waals surface area contributed by atoms with Crippen molar-refractivity contribution in [2.75, 3.05) is 6.54 Å². The average molecular weight is 236 g/mol. The molecule has 4 heteroatoms. The van der Waals surface area contributed by atoms with Gasteiger partial charge < -0.3 is 10.3 Å². The van der Waals surface area contributed by atoms with Crippen molar-refractivity contribution in [2.45, 2.75) is 27.7 Å². The minimum Gasteiger partial charge on any atom is -0.367 e. The number of carbonyl (C=O) groups is 1. The van der Waals surface area contributed by atoms with Gasteiger partial charge in [0.15, 0.2) is 5.43 Å². The summed E-state index contributed by atoms with van der Waals surface area (Å²) in [4.78, 5) is 26.0. The van der Waals surface area contributed by atoms with Gasteiger partial charge in [0.1, 0.15) is 5.56 Å². The second-order valence-corrected chi connectivity index (χ2v) is 5.25. The predicted octanol–water partition coefficient (Wildman–Crippen LogP) is 1.79. The van der Waals surface area contributed by atoms with Crippen LogP contribution in [0.4, 0.5) is 0 Å². The molecule has 0 aliphatic carbocycles. The lowest BCUT2D eigenvalue weighted by Crippen LogP contribution is -2.38. The number of pyridine rings is 1. The van der Waals surface area contributed by atoms with Crippen LogP contribution in [0.1, 0.15) is 38.1 Å². The van der Waals surface area contributed by atoms with Gasteiger partial charge in [-0.2, -0.15) is 0 Å². The van der Waals surface area contributed by atoms with Crippen LogP contribution in [0, 0.1) is 11.3 Å². The molecule has 1 amide bonds. The molecule has 0 saturated carbocycles. The van der Waals surface area contributed by atoms with E-state index in [-0.39, 0.29) is 22.3 Å². The molecule has 2 N–H and O–H groups in total. The van der Waals surface area contributed by atoms with E-state index in [1.165, 1.54) is 18.5 Å². The van der Waals surface area contributed by atoms with Gasteiger partial charge in [0, 0.05) is 25.0 Å². The summed E-state index contributed by atoms with van der Waals surface area (Å²) in [6.45, 7) is 8.96. The largest absolute Gasteiger partial charge is 0.367 e. The fraction of sp³-hybridized carbons (Fsp3) is 0.538. The second kappa shape index (κ2) is 5.17. The van der Waals surface area contributed by atoms with Gasteiger partial charge in [-0.25, -0.2) is 0 Å². The standard InChI is InChI=1S/C13H20N2O2/c1-9(2)13(3,4)8-15-12(17)10-7-14-6-5-11(10)16/h5-7,9H,8H2,1-4H3,(H,14,16)(H,15,17). The maximum absolute atomic E-state index is 11.8. The summed E-state index contributed by atoms with van der Waals surface area (Å²) in [7, 11) is 0. The van der Waals surface area contributed by atoms with Crippen molar-refractivity contribution in [3.63, 3.8) is 0 Å². The fourth-order valence-corrected chi connectivity index (χ4v) is 1.20. The van der Waals surface area contributed by atoms with Crippen LogP contribution in [0.15, 0.2) is 23.3 Å². The molecule has 1 aromatic rings. The Morgan fingerprint density at radius 2 is 2.12 bits per heavy atom. The third-order valence-corrected chi connectivity index (χ3v) is 3.34. The Morgan fingerprint density at radius 3 is 2.65 bits per heavy atom. The van der Waals surface area contributed by atoms with Gasteiger partial charge in [-0.05, 0) is 11.3 Å². The third-order valence-electron chi connectivity index (χ3n) is 3.34. The van der Waals surface area contributed by atoms with Crippen LogP contribution >= 0.6 is 0 Å². The van der Waals surface area contributed by atoms with E-state index in [1.807, 2.05) is 0 Å². The number of rotatable bonds is 4. The molecule has 0 saturated heterocycles. The van der Waals surface area contributed by atoms with E-state index in [4.69, 9.17) is 0 Å². The Balaban J connectivity index is 2.69. The number of amides is 1. The van der Waals surface area contributed by atoms with E-state index in [0.29, 0.717) is 12.5 Å². The lowest BCUT2D eigenvalue weighted by atomic mass is 9.81. The van der Waals surface area contributed by atoms with Crippen molar-refractivity contribution in [1.29, 1.82) is 0 Å². The van der Waals surface area contributed by atoms with E-state index in [0.717, 1.165) is 0 Å². The molecule has 1 rings (SSSR count). The third kappa shape index (κ3) is 3.44. The zero-order valence-corrected chi connectivity index (χ0v) is 10.8. The van der Waals surface area contributed by atoms with Gasteiger partial charge in [-0.1, -0.05) is 27.7 Å². The average Bonchev–Trinajstić information content (AvgIpc) is 2.26. The second-order valence-electron chi connectivity index (χ2n) is 5.25. The van der Waals surface area contributed by atoms with Crippen LogP contribution in [0.3, 0.4) is 0 Å². The highest BCUT2D eigenvalue weighted by Crippen LogP contribution is 2.24. The summed E-state index contributed by atoms with van der Waals surface area (Å²) in [5.41, 5.74) is -0.0901. The fourth-order valence-electron chi connectivity index (χ4n) is 1.20. The Labute approximate surface area is 101 Å². The zero-order valence-electron chi connectivity index (χ0n) is 10.8. The van der Waals surface area contributed by atoms with Crippen LogP contribution in [0.25, 0.3) is 0 Å². The number of carbonyl (C=O) groups excluding carboxylic acids is 1. The monoisotopic (exact) mass is 236 g/mol. The Bertz CT molecular complexity index is 447. The summed E-state index contributed by atoms with van der Waals surface area (Å²) >= 11 is 0. The highest BCUT2D eigenvalue weighted by Gasteiger charge is 2.23. The summed E-state index contributed by atoms with van der Waals surface area (Å²) in [6.07, 6.45) is 2.94. The van der Waals surface area contributed by atoms with Crippen molar-refractivity contribution < 1.29 is 4.79 Å². The molecule has 0 aliphatic rings. The van der Waals surface area contributed by atoms with E-state index >= 15 is 0 Å². The first kappa shape index (κ1) is 13.5. The van der Waals surface area contributed by atoms with Crippen molar-refractivity contribution in [1.82, 2.24) is 10.3 Å². The molecule has 0 unspecified atom stereocenters. The summed E-state index contributed by atoms with van der Waals surface area (Å²) in [5.74, 6) is 0.137. The number of hydrogen-bond acceptors (Lipinski definition) is 2. The van der Waals surface area contributed by atoms with Gasteiger partial charge in [-0.15, -0.1) is 0 Å². The maximum Gasteiger partial charge on any atom is 0.256 e. The van der Waals surface area contributed by atoms with Gasteiger partial charge >= 0.3 is 0 Å². The first-order valence-electron chi connectivity index (χ1n) is 5.80. The quantitative estimate of drug-likeness (QED) is 0.837. The minimum atomic E-state index is -0.319. The molecule has 0 aromatic carbocycles. The van der Waals surface area contributed by atoms with Crippen molar-refractivity contribution in [2.24, 2.45) is 11.3 Å². The Morgan fingerprint density at radius 1 is 1.47 bits per heavy atom. The molecule has 17 heavy (non-hydrogen) atoms. The van der Waals surface area contributed by atoms with Crippen molar-refractivity contribution in [3.05, 3.63) is 34.2 Å². The van der Waals surface area contributed by atoms with Gasteiger partial charge in [0.2, 0.25) is 0 Å². The molecule has 1 aromatic heterocycles.